The highest BCUT2D eigenvalue weighted by Gasteiger charge is 2.14. The summed E-state index contributed by atoms with van der Waals surface area (Å²) in [5, 5.41) is 18.2. The molecule has 3 nitrogen and oxygen atoms in total. The Morgan fingerprint density at radius 1 is 1.33 bits per heavy atom. The van der Waals surface area contributed by atoms with Crippen molar-refractivity contribution < 1.29 is 15.0 Å². The third kappa shape index (κ3) is 4.82. The quantitative estimate of drug-likeness (QED) is 0.724. The van der Waals surface area contributed by atoms with E-state index in [1.807, 2.05) is 37.3 Å². The average molecular weight is 248 g/mol. The van der Waals surface area contributed by atoms with E-state index in [0.29, 0.717) is 12.0 Å². The first-order valence-corrected chi connectivity index (χ1v) is 6.18. The van der Waals surface area contributed by atoms with Gasteiger partial charge in [-0.05, 0) is 24.5 Å². The topological polar surface area (TPSA) is 57.5 Å². The number of carbonyl (C=O) groups excluding carboxylic acids is 1. The Morgan fingerprint density at radius 2 is 2.00 bits per heavy atom. The molecule has 0 bridgehead atoms. The smallest absolute Gasteiger partial charge is 0.161 e. The van der Waals surface area contributed by atoms with Crippen LogP contribution in [-0.2, 0) is 11.2 Å². The highest BCUT2D eigenvalue weighted by Crippen LogP contribution is 2.12. The molecule has 98 valence electrons. The molecule has 0 saturated heterocycles. The number of aliphatic hydroxyl groups excluding tert-OH is 2. The van der Waals surface area contributed by atoms with Gasteiger partial charge in [-0.2, -0.15) is 0 Å². The largest absolute Gasteiger partial charge is 0.396 e. The Morgan fingerprint density at radius 3 is 2.56 bits per heavy atom. The van der Waals surface area contributed by atoms with Gasteiger partial charge in [0, 0.05) is 19.4 Å². The number of benzene rings is 1. The number of rotatable bonds is 7. The van der Waals surface area contributed by atoms with E-state index in [1.54, 1.807) is 6.08 Å². The van der Waals surface area contributed by atoms with Crippen molar-refractivity contribution in [3.05, 3.63) is 47.5 Å². The lowest BCUT2D eigenvalue weighted by Gasteiger charge is -2.10. The molecule has 0 aliphatic rings. The van der Waals surface area contributed by atoms with Gasteiger partial charge in [0.1, 0.15) is 0 Å². The van der Waals surface area contributed by atoms with Crippen LogP contribution >= 0.6 is 0 Å². The Kier molecular flexibility index (Phi) is 6.33. The van der Waals surface area contributed by atoms with Gasteiger partial charge in [0.25, 0.3) is 0 Å². The number of aliphatic hydroxyl groups is 2. The predicted octanol–water partition coefficient (Wildman–Crippen LogP) is 1.88. The highest BCUT2D eigenvalue weighted by atomic mass is 16.3. The number of allylic oxidation sites excluding steroid dienone is 2. The number of hydrogen-bond acceptors (Lipinski definition) is 3. The van der Waals surface area contributed by atoms with Crippen LogP contribution in [0.2, 0.25) is 0 Å². The zero-order valence-electron chi connectivity index (χ0n) is 10.7. The molecule has 1 rings (SSSR count). The second kappa shape index (κ2) is 7.80. The molecule has 0 aromatic heterocycles. The maximum Gasteiger partial charge on any atom is 0.161 e. The van der Waals surface area contributed by atoms with Crippen LogP contribution in [-0.4, -0.2) is 28.7 Å². The van der Waals surface area contributed by atoms with E-state index >= 15 is 0 Å². The van der Waals surface area contributed by atoms with Gasteiger partial charge in [-0.15, -0.1) is 0 Å². The fourth-order valence-corrected chi connectivity index (χ4v) is 1.77. The van der Waals surface area contributed by atoms with E-state index in [4.69, 9.17) is 5.11 Å². The fourth-order valence-electron chi connectivity index (χ4n) is 1.77. The summed E-state index contributed by atoms with van der Waals surface area (Å²) in [6.07, 6.45) is 1.94. The van der Waals surface area contributed by atoms with Gasteiger partial charge in [0.15, 0.2) is 5.78 Å². The fraction of sp³-hybridized carbons (Fsp3) is 0.400. The van der Waals surface area contributed by atoms with Crippen molar-refractivity contribution in [3.63, 3.8) is 0 Å². The monoisotopic (exact) mass is 248 g/mol. The van der Waals surface area contributed by atoms with E-state index in [9.17, 15) is 9.90 Å². The van der Waals surface area contributed by atoms with Gasteiger partial charge < -0.3 is 10.2 Å². The van der Waals surface area contributed by atoms with Crippen molar-refractivity contribution >= 4 is 5.78 Å². The van der Waals surface area contributed by atoms with E-state index < -0.39 is 6.10 Å². The molecular formula is C15H20O3. The van der Waals surface area contributed by atoms with E-state index in [1.165, 1.54) is 0 Å². The third-order valence-electron chi connectivity index (χ3n) is 2.83. The molecule has 3 heteroatoms. The summed E-state index contributed by atoms with van der Waals surface area (Å²) in [5.74, 6) is -0.0534. The van der Waals surface area contributed by atoms with E-state index in [2.05, 4.69) is 0 Å². The summed E-state index contributed by atoms with van der Waals surface area (Å²) >= 11 is 0. The van der Waals surface area contributed by atoms with E-state index in [0.717, 1.165) is 5.56 Å². The van der Waals surface area contributed by atoms with Crippen LogP contribution in [0.15, 0.2) is 42.0 Å². The number of hydrogen-bond donors (Lipinski definition) is 2. The molecule has 0 heterocycles. The summed E-state index contributed by atoms with van der Waals surface area (Å²) in [6, 6.07) is 9.76. The van der Waals surface area contributed by atoms with Crippen molar-refractivity contribution in [2.75, 3.05) is 6.61 Å². The molecule has 1 aromatic carbocycles. The molecular weight excluding hydrogens is 228 g/mol. The van der Waals surface area contributed by atoms with Crippen molar-refractivity contribution in [2.45, 2.75) is 32.3 Å². The molecule has 0 radical (unpaired) electrons. The molecule has 0 saturated carbocycles. The minimum Gasteiger partial charge on any atom is -0.396 e. The van der Waals surface area contributed by atoms with Crippen LogP contribution in [0.4, 0.5) is 0 Å². The summed E-state index contributed by atoms with van der Waals surface area (Å²) in [7, 11) is 0. The Balaban J connectivity index is 2.59. The second-order valence-electron chi connectivity index (χ2n) is 4.27. The van der Waals surface area contributed by atoms with Gasteiger partial charge in [-0.1, -0.05) is 36.4 Å². The normalized spacial score (nSPS) is 13.4. The third-order valence-corrected chi connectivity index (χ3v) is 2.83. The molecule has 0 aliphatic carbocycles. The summed E-state index contributed by atoms with van der Waals surface area (Å²) in [4.78, 5) is 12.0. The molecule has 0 aliphatic heterocycles. The van der Waals surface area contributed by atoms with Gasteiger partial charge >= 0.3 is 0 Å². The lowest BCUT2D eigenvalue weighted by Crippen LogP contribution is -2.17. The van der Waals surface area contributed by atoms with Crippen LogP contribution < -0.4 is 0 Å². The first-order chi connectivity index (χ1) is 8.67. The first kappa shape index (κ1) is 14.6. The zero-order chi connectivity index (χ0) is 13.4. The number of carbonyl (C=O) groups is 1. The van der Waals surface area contributed by atoms with Gasteiger partial charge in [-0.25, -0.2) is 0 Å². The molecule has 1 atom stereocenters. The SMILES string of the molecule is C/C=C(/Cc1ccccc1)C(=O)CC(O)CCO. The minimum atomic E-state index is -0.756. The van der Waals surface area contributed by atoms with Gasteiger partial charge in [0.05, 0.1) is 6.10 Å². The minimum absolute atomic E-state index is 0.0534. The molecule has 2 N–H and O–H groups in total. The van der Waals surface area contributed by atoms with Crippen molar-refractivity contribution in [1.82, 2.24) is 0 Å². The lowest BCUT2D eigenvalue weighted by atomic mass is 9.97. The van der Waals surface area contributed by atoms with Crippen LogP contribution in [0.5, 0.6) is 0 Å². The summed E-state index contributed by atoms with van der Waals surface area (Å²) in [5.41, 5.74) is 1.79. The summed E-state index contributed by atoms with van der Waals surface area (Å²) < 4.78 is 0. The Bertz CT molecular complexity index is 395. The van der Waals surface area contributed by atoms with Gasteiger partial charge in [0.2, 0.25) is 0 Å². The maximum atomic E-state index is 12.0. The zero-order valence-corrected chi connectivity index (χ0v) is 10.7. The summed E-state index contributed by atoms with van der Waals surface area (Å²) in [6.45, 7) is 1.73. The molecule has 0 amide bonds. The lowest BCUT2D eigenvalue weighted by molar-refractivity contribution is -0.117. The molecule has 0 spiro atoms. The van der Waals surface area contributed by atoms with Crippen LogP contribution in [0.1, 0.15) is 25.3 Å². The van der Waals surface area contributed by atoms with Crippen molar-refractivity contribution in [3.8, 4) is 0 Å². The molecule has 1 unspecified atom stereocenters. The predicted molar refractivity (Wildman–Crippen MR) is 71.2 cm³/mol. The van der Waals surface area contributed by atoms with Gasteiger partial charge in [-0.3, -0.25) is 4.79 Å². The van der Waals surface area contributed by atoms with Crippen molar-refractivity contribution in [1.29, 1.82) is 0 Å². The number of ketones is 1. The maximum absolute atomic E-state index is 12.0. The molecule has 0 fully saturated rings. The van der Waals surface area contributed by atoms with E-state index in [-0.39, 0.29) is 25.2 Å². The molecule has 18 heavy (non-hydrogen) atoms. The molecule has 1 aromatic rings. The van der Waals surface area contributed by atoms with Crippen LogP contribution in [0.25, 0.3) is 0 Å². The van der Waals surface area contributed by atoms with Crippen molar-refractivity contribution in [2.24, 2.45) is 0 Å². The average Bonchev–Trinajstić information content (AvgIpc) is 2.37. The highest BCUT2D eigenvalue weighted by molar-refractivity contribution is 5.95. The Labute approximate surface area is 108 Å². The first-order valence-electron chi connectivity index (χ1n) is 6.18. The standard InChI is InChI=1S/C15H20O3/c1-2-13(10-12-6-4-3-5-7-12)15(18)11-14(17)8-9-16/h2-7,14,16-17H,8-11H2,1H3/b13-2-. The second-order valence-corrected chi connectivity index (χ2v) is 4.27. The Hall–Kier alpha value is -1.45. The van der Waals surface area contributed by atoms with Crippen LogP contribution in [0, 0.1) is 0 Å². The van der Waals surface area contributed by atoms with Crippen LogP contribution in [0.3, 0.4) is 0 Å². The number of Topliss-reactive ketones (excluding diaryl/α,β-unsaturated/α-hetero) is 1.